The highest BCUT2D eigenvalue weighted by Crippen LogP contribution is 2.26. The molecule has 6 nitrogen and oxygen atoms in total. The van der Waals surface area contributed by atoms with E-state index >= 15 is 0 Å². The molecule has 0 unspecified atom stereocenters. The first-order chi connectivity index (χ1) is 13.8. The van der Waals surface area contributed by atoms with E-state index in [4.69, 9.17) is 4.74 Å². The molecule has 1 amide bonds. The summed E-state index contributed by atoms with van der Waals surface area (Å²) in [5, 5.41) is 4.77. The normalized spacial score (nSPS) is 11.4. The van der Waals surface area contributed by atoms with Crippen LogP contribution in [0.5, 0.6) is 5.75 Å². The van der Waals surface area contributed by atoms with Crippen LogP contribution < -0.4 is 10.1 Å². The van der Waals surface area contributed by atoms with E-state index in [-0.39, 0.29) is 4.90 Å². The number of rotatable bonds is 7. The van der Waals surface area contributed by atoms with Crippen molar-refractivity contribution < 1.29 is 17.9 Å². The van der Waals surface area contributed by atoms with E-state index in [2.05, 4.69) is 36.3 Å². The van der Waals surface area contributed by atoms with Crippen molar-refractivity contribution in [2.45, 2.75) is 24.7 Å². The van der Waals surface area contributed by atoms with E-state index in [1.807, 2.05) is 17.5 Å². The molecular formula is C21H22N2O4S2. The minimum atomic E-state index is -3.75. The van der Waals surface area contributed by atoms with E-state index in [0.717, 1.165) is 11.3 Å². The molecule has 0 radical (unpaired) electrons. The fourth-order valence-electron chi connectivity index (χ4n) is 2.70. The Morgan fingerprint density at radius 2 is 1.76 bits per heavy atom. The van der Waals surface area contributed by atoms with E-state index in [9.17, 15) is 13.2 Å². The van der Waals surface area contributed by atoms with E-state index in [0.29, 0.717) is 16.8 Å². The second-order valence-electron chi connectivity index (χ2n) is 6.80. The monoisotopic (exact) mass is 430 g/mol. The zero-order valence-electron chi connectivity index (χ0n) is 16.4. The van der Waals surface area contributed by atoms with Crippen LogP contribution in [0.25, 0.3) is 11.3 Å². The predicted octanol–water partition coefficient (Wildman–Crippen LogP) is 4.35. The molecule has 0 atom stereocenters. The molecule has 3 aromatic rings. The lowest BCUT2D eigenvalue weighted by atomic mass is 10.0. The summed E-state index contributed by atoms with van der Waals surface area (Å²) >= 11 is 1.26. The number of ether oxygens (including phenoxy) is 1. The van der Waals surface area contributed by atoms with Gasteiger partial charge >= 0.3 is 0 Å². The van der Waals surface area contributed by atoms with Crippen LogP contribution in [0.2, 0.25) is 0 Å². The van der Waals surface area contributed by atoms with Crippen molar-refractivity contribution in [2.24, 2.45) is 0 Å². The lowest BCUT2D eigenvalue weighted by Gasteiger charge is -2.06. The fourth-order valence-corrected chi connectivity index (χ4v) is 4.57. The van der Waals surface area contributed by atoms with Crippen LogP contribution in [0.1, 0.15) is 25.3 Å². The van der Waals surface area contributed by atoms with E-state index in [1.165, 1.54) is 36.1 Å². The largest absolute Gasteiger partial charge is 0.497 e. The average Bonchev–Trinajstić information content (AvgIpc) is 3.16. The number of aromatic nitrogens is 1. The summed E-state index contributed by atoms with van der Waals surface area (Å²) in [6, 6.07) is 14.0. The van der Waals surface area contributed by atoms with Gasteiger partial charge in [0.1, 0.15) is 11.5 Å². The lowest BCUT2D eigenvalue weighted by molar-refractivity contribution is -0.113. The molecule has 0 spiro atoms. The van der Waals surface area contributed by atoms with Crippen LogP contribution in [0.3, 0.4) is 0 Å². The Labute approximate surface area is 174 Å². The highest BCUT2D eigenvalue weighted by atomic mass is 32.2. The van der Waals surface area contributed by atoms with Gasteiger partial charge < -0.3 is 10.1 Å². The Hall–Kier alpha value is -2.71. The first kappa shape index (κ1) is 21.0. The maximum atomic E-state index is 12.4. The van der Waals surface area contributed by atoms with Crippen LogP contribution in [0.4, 0.5) is 5.13 Å². The van der Waals surface area contributed by atoms with Crippen LogP contribution in [-0.4, -0.2) is 32.2 Å². The second-order valence-corrected chi connectivity index (χ2v) is 9.65. The molecule has 0 fully saturated rings. The van der Waals surface area contributed by atoms with Gasteiger partial charge in [-0.05, 0) is 35.7 Å². The number of benzene rings is 2. The molecule has 2 aromatic carbocycles. The van der Waals surface area contributed by atoms with Gasteiger partial charge in [-0.2, -0.15) is 0 Å². The lowest BCUT2D eigenvalue weighted by Crippen LogP contribution is -2.22. The predicted molar refractivity (Wildman–Crippen MR) is 115 cm³/mol. The van der Waals surface area contributed by atoms with Gasteiger partial charge in [0, 0.05) is 10.9 Å². The number of amides is 1. The quantitative estimate of drug-likeness (QED) is 0.602. The number of methoxy groups -OCH3 is 1. The Morgan fingerprint density at radius 1 is 1.10 bits per heavy atom. The third-order valence-corrected chi connectivity index (χ3v) is 6.75. The molecule has 0 saturated carbocycles. The molecule has 3 rings (SSSR count). The molecule has 1 heterocycles. The summed E-state index contributed by atoms with van der Waals surface area (Å²) in [4.78, 5) is 16.7. The molecule has 0 aliphatic carbocycles. The van der Waals surface area contributed by atoms with Crippen LogP contribution in [0, 0.1) is 0 Å². The summed E-state index contributed by atoms with van der Waals surface area (Å²) < 4.78 is 29.9. The van der Waals surface area contributed by atoms with Gasteiger partial charge in [-0.3, -0.25) is 4.79 Å². The molecule has 0 aliphatic rings. The highest BCUT2D eigenvalue weighted by Gasteiger charge is 2.20. The first-order valence-electron chi connectivity index (χ1n) is 9.01. The summed E-state index contributed by atoms with van der Waals surface area (Å²) in [5.41, 5.74) is 2.91. The molecule has 0 saturated heterocycles. The molecule has 152 valence electrons. The minimum absolute atomic E-state index is 0.0681. The number of hydrogen-bond acceptors (Lipinski definition) is 6. The van der Waals surface area contributed by atoms with Gasteiger partial charge in [0.15, 0.2) is 15.0 Å². The van der Waals surface area contributed by atoms with Gasteiger partial charge in [-0.25, -0.2) is 13.4 Å². The number of anilines is 1. The van der Waals surface area contributed by atoms with Crippen molar-refractivity contribution in [2.75, 3.05) is 18.2 Å². The zero-order valence-corrected chi connectivity index (χ0v) is 18.0. The Kier molecular flexibility index (Phi) is 6.34. The molecule has 0 aliphatic heterocycles. The van der Waals surface area contributed by atoms with Crippen LogP contribution >= 0.6 is 11.3 Å². The smallest absolute Gasteiger partial charge is 0.241 e. The molecule has 1 N–H and O–H groups in total. The van der Waals surface area contributed by atoms with Gasteiger partial charge in [-0.1, -0.05) is 38.1 Å². The van der Waals surface area contributed by atoms with Gasteiger partial charge in [0.05, 0.1) is 17.7 Å². The van der Waals surface area contributed by atoms with E-state index < -0.39 is 21.5 Å². The summed E-state index contributed by atoms with van der Waals surface area (Å²) in [5.74, 6) is -0.291. The maximum Gasteiger partial charge on any atom is 0.241 e. The van der Waals surface area contributed by atoms with Gasteiger partial charge in [-0.15, -0.1) is 11.3 Å². The average molecular weight is 431 g/mol. The molecule has 29 heavy (non-hydrogen) atoms. The van der Waals surface area contributed by atoms with Crippen molar-refractivity contribution in [3.8, 4) is 17.0 Å². The van der Waals surface area contributed by atoms with Crippen molar-refractivity contribution in [3.05, 3.63) is 59.5 Å². The van der Waals surface area contributed by atoms with E-state index in [1.54, 1.807) is 12.1 Å². The fraction of sp³-hybridized carbons (Fsp3) is 0.238. The van der Waals surface area contributed by atoms with Crippen LogP contribution in [0.15, 0.2) is 58.8 Å². The van der Waals surface area contributed by atoms with Crippen molar-refractivity contribution in [1.82, 2.24) is 4.98 Å². The summed E-state index contributed by atoms with van der Waals surface area (Å²) in [6.07, 6.45) is 0. The second kappa shape index (κ2) is 8.75. The number of sulfone groups is 1. The van der Waals surface area contributed by atoms with Crippen molar-refractivity contribution >= 4 is 32.2 Å². The number of carbonyl (C=O) groups is 1. The van der Waals surface area contributed by atoms with Gasteiger partial charge in [0.25, 0.3) is 0 Å². The number of hydrogen-bond donors (Lipinski definition) is 1. The van der Waals surface area contributed by atoms with Crippen LogP contribution in [-0.2, 0) is 14.6 Å². The molecular weight excluding hydrogens is 408 g/mol. The summed E-state index contributed by atoms with van der Waals surface area (Å²) in [7, 11) is -2.26. The van der Waals surface area contributed by atoms with Crippen molar-refractivity contribution in [1.29, 1.82) is 0 Å². The summed E-state index contributed by atoms with van der Waals surface area (Å²) in [6.45, 7) is 4.26. The maximum absolute atomic E-state index is 12.4. The highest BCUT2D eigenvalue weighted by molar-refractivity contribution is 7.92. The number of nitrogens with one attached hydrogen (secondary N) is 1. The zero-order chi connectivity index (χ0) is 21.0. The Bertz CT molecular complexity index is 1090. The minimum Gasteiger partial charge on any atom is -0.497 e. The van der Waals surface area contributed by atoms with Gasteiger partial charge in [0.2, 0.25) is 5.91 Å². The third kappa shape index (κ3) is 5.21. The molecule has 0 bridgehead atoms. The standard InChI is InChI=1S/C21H22N2O4S2/c1-14(2)15-4-6-16(7-5-15)19-12-28-21(22-19)23-20(24)13-29(25,26)18-10-8-17(27-3)9-11-18/h4-12,14H,13H2,1-3H3,(H,22,23,24). The number of nitrogens with zero attached hydrogens (tertiary/aromatic N) is 1. The Balaban J connectivity index is 1.66. The molecule has 1 aromatic heterocycles. The third-order valence-electron chi connectivity index (χ3n) is 4.36. The molecule has 8 heteroatoms. The number of carbonyl (C=O) groups excluding carboxylic acids is 1. The SMILES string of the molecule is COc1ccc(S(=O)(=O)CC(=O)Nc2nc(-c3ccc(C(C)C)cc3)cs2)cc1. The number of thiazole rings is 1. The Morgan fingerprint density at radius 3 is 2.34 bits per heavy atom. The van der Waals surface area contributed by atoms with Crippen molar-refractivity contribution in [3.63, 3.8) is 0 Å². The topological polar surface area (TPSA) is 85.4 Å². The first-order valence-corrected chi connectivity index (χ1v) is 11.5.